The van der Waals surface area contributed by atoms with Gasteiger partial charge < -0.3 is 5.32 Å². The molecule has 0 saturated carbocycles. The molecule has 0 aliphatic rings. The lowest BCUT2D eigenvalue weighted by Gasteiger charge is -2.06. The van der Waals surface area contributed by atoms with Gasteiger partial charge in [-0.3, -0.25) is 14.9 Å². The quantitative estimate of drug-likeness (QED) is 0.540. The predicted octanol–water partition coefficient (Wildman–Crippen LogP) is 4.44. The van der Waals surface area contributed by atoms with Gasteiger partial charge in [0.05, 0.1) is 4.92 Å². The van der Waals surface area contributed by atoms with Crippen LogP contribution in [0.25, 0.3) is 10.1 Å². The zero-order valence-corrected chi connectivity index (χ0v) is 14.1. The molecule has 2 aromatic carbocycles. The lowest BCUT2D eigenvalue weighted by molar-refractivity contribution is -0.385. The number of hydrogen-bond acceptors (Lipinski definition) is 4. The second kappa shape index (κ2) is 6.98. The third-order valence-electron chi connectivity index (χ3n) is 3.64. The van der Waals surface area contributed by atoms with Crippen molar-refractivity contribution in [1.82, 2.24) is 5.32 Å². The number of fused-ring (bicyclic) bond motifs is 1. The molecular formula is C17H13ClN2O3S. The van der Waals surface area contributed by atoms with Gasteiger partial charge in [0.25, 0.3) is 11.6 Å². The second-order valence-corrected chi connectivity index (χ2v) is 6.53. The maximum Gasteiger partial charge on any atom is 0.283 e. The van der Waals surface area contributed by atoms with E-state index in [-0.39, 0.29) is 16.3 Å². The maximum atomic E-state index is 12.2. The molecule has 122 valence electrons. The Morgan fingerprint density at radius 1 is 1.25 bits per heavy atom. The van der Waals surface area contributed by atoms with E-state index in [9.17, 15) is 14.9 Å². The van der Waals surface area contributed by atoms with E-state index in [4.69, 9.17) is 11.6 Å². The van der Waals surface area contributed by atoms with Crippen molar-refractivity contribution in [2.24, 2.45) is 0 Å². The Balaban J connectivity index is 1.69. The third kappa shape index (κ3) is 3.39. The van der Waals surface area contributed by atoms with Crippen LogP contribution in [0.5, 0.6) is 0 Å². The van der Waals surface area contributed by atoms with Crippen LogP contribution in [0.15, 0.2) is 47.8 Å². The molecule has 1 N–H and O–H groups in total. The number of carbonyl (C=O) groups excluding carboxylic acids is 1. The summed E-state index contributed by atoms with van der Waals surface area (Å²) in [5.41, 5.74) is 0.877. The zero-order chi connectivity index (χ0) is 17.1. The molecule has 0 aliphatic carbocycles. The number of thiophene rings is 1. The molecule has 1 aromatic heterocycles. The Morgan fingerprint density at radius 3 is 2.83 bits per heavy atom. The summed E-state index contributed by atoms with van der Waals surface area (Å²) in [6.07, 6.45) is 0.664. The fourth-order valence-electron chi connectivity index (χ4n) is 2.48. The molecule has 7 heteroatoms. The van der Waals surface area contributed by atoms with Gasteiger partial charge in [-0.25, -0.2) is 0 Å². The van der Waals surface area contributed by atoms with Crippen LogP contribution in [0.4, 0.5) is 5.69 Å². The monoisotopic (exact) mass is 360 g/mol. The van der Waals surface area contributed by atoms with Crippen LogP contribution in [0.1, 0.15) is 15.9 Å². The zero-order valence-electron chi connectivity index (χ0n) is 12.5. The average molecular weight is 361 g/mol. The summed E-state index contributed by atoms with van der Waals surface area (Å²) >= 11 is 7.42. The predicted molar refractivity (Wildman–Crippen MR) is 96.0 cm³/mol. The van der Waals surface area contributed by atoms with Crippen LogP contribution in [0, 0.1) is 10.1 Å². The van der Waals surface area contributed by atoms with E-state index in [2.05, 4.69) is 16.8 Å². The topological polar surface area (TPSA) is 72.2 Å². The lowest BCUT2D eigenvalue weighted by Crippen LogP contribution is -2.26. The number of amides is 1. The van der Waals surface area contributed by atoms with Gasteiger partial charge in [-0.15, -0.1) is 11.3 Å². The number of hydrogen-bond donors (Lipinski definition) is 1. The molecule has 0 unspecified atom stereocenters. The molecule has 0 fully saturated rings. The molecule has 0 radical (unpaired) electrons. The molecule has 0 aliphatic heterocycles. The lowest BCUT2D eigenvalue weighted by atomic mass is 10.1. The van der Waals surface area contributed by atoms with E-state index in [1.807, 2.05) is 18.2 Å². The van der Waals surface area contributed by atoms with Gasteiger partial charge in [-0.1, -0.05) is 29.8 Å². The van der Waals surface area contributed by atoms with Gasteiger partial charge in [-0.2, -0.15) is 0 Å². The fourth-order valence-corrected chi connectivity index (χ4v) is 3.64. The number of rotatable bonds is 5. The summed E-state index contributed by atoms with van der Waals surface area (Å²) < 4.78 is 1.20. The van der Waals surface area contributed by atoms with E-state index in [1.54, 1.807) is 11.3 Å². The SMILES string of the molecule is O=C(NCCc1csc2ccccc12)c1ccc(Cl)cc1[N+](=O)[O-]. The minimum absolute atomic E-state index is 0.0135. The molecule has 0 atom stereocenters. The summed E-state index contributed by atoms with van der Waals surface area (Å²) in [7, 11) is 0. The number of nitrogens with zero attached hydrogens (tertiary/aromatic N) is 1. The standard InChI is InChI=1S/C17H13ClN2O3S/c18-12-5-6-14(15(9-12)20(22)23)17(21)19-8-7-11-10-24-16-4-2-1-3-13(11)16/h1-6,9-10H,7-8H2,(H,19,21). The number of nitro benzene ring substituents is 1. The highest BCUT2D eigenvalue weighted by Gasteiger charge is 2.20. The molecule has 1 amide bonds. The highest BCUT2D eigenvalue weighted by molar-refractivity contribution is 7.17. The van der Waals surface area contributed by atoms with Gasteiger partial charge in [0, 0.05) is 22.3 Å². The van der Waals surface area contributed by atoms with E-state index >= 15 is 0 Å². The number of nitrogens with one attached hydrogen (secondary N) is 1. The first-order chi connectivity index (χ1) is 11.6. The minimum atomic E-state index is -0.604. The highest BCUT2D eigenvalue weighted by Crippen LogP contribution is 2.26. The van der Waals surface area contributed by atoms with Gasteiger partial charge in [0.1, 0.15) is 5.56 Å². The molecule has 24 heavy (non-hydrogen) atoms. The average Bonchev–Trinajstić information content (AvgIpc) is 2.98. The van der Waals surface area contributed by atoms with Crippen LogP contribution in [-0.2, 0) is 6.42 Å². The Kier molecular flexibility index (Phi) is 4.78. The Bertz CT molecular complexity index is 923. The van der Waals surface area contributed by atoms with E-state index in [0.29, 0.717) is 13.0 Å². The maximum absolute atomic E-state index is 12.2. The first kappa shape index (κ1) is 16.4. The summed E-state index contributed by atoms with van der Waals surface area (Å²) in [5, 5.41) is 17.3. The van der Waals surface area contributed by atoms with Crippen molar-refractivity contribution in [3.8, 4) is 0 Å². The Labute approximate surface area is 147 Å². The van der Waals surface area contributed by atoms with Gasteiger partial charge in [0.15, 0.2) is 0 Å². The van der Waals surface area contributed by atoms with E-state index in [0.717, 1.165) is 5.56 Å². The van der Waals surface area contributed by atoms with Crippen LogP contribution in [0.2, 0.25) is 5.02 Å². The summed E-state index contributed by atoms with van der Waals surface area (Å²) in [5.74, 6) is -0.474. The smallest absolute Gasteiger partial charge is 0.283 e. The van der Waals surface area contributed by atoms with E-state index < -0.39 is 10.8 Å². The molecule has 0 bridgehead atoms. The molecule has 0 saturated heterocycles. The van der Waals surface area contributed by atoms with Gasteiger partial charge >= 0.3 is 0 Å². The van der Waals surface area contributed by atoms with Crippen molar-refractivity contribution >= 4 is 44.6 Å². The van der Waals surface area contributed by atoms with Crippen molar-refractivity contribution in [3.05, 3.63) is 74.1 Å². The normalized spacial score (nSPS) is 10.7. The Hall–Kier alpha value is -2.44. The summed E-state index contributed by atoms with van der Waals surface area (Å²) in [6.45, 7) is 0.402. The van der Waals surface area contributed by atoms with Crippen LogP contribution >= 0.6 is 22.9 Å². The summed E-state index contributed by atoms with van der Waals surface area (Å²) in [4.78, 5) is 22.7. The van der Waals surface area contributed by atoms with Crippen LogP contribution < -0.4 is 5.32 Å². The highest BCUT2D eigenvalue weighted by atomic mass is 35.5. The second-order valence-electron chi connectivity index (χ2n) is 5.18. The van der Waals surface area contributed by atoms with Crippen molar-refractivity contribution in [1.29, 1.82) is 0 Å². The minimum Gasteiger partial charge on any atom is -0.351 e. The largest absolute Gasteiger partial charge is 0.351 e. The third-order valence-corrected chi connectivity index (χ3v) is 4.89. The summed E-state index contributed by atoms with van der Waals surface area (Å²) in [6, 6.07) is 12.1. The van der Waals surface area contributed by atoms with Crippen molar-refractivity contribution in [3.63, 3.8) is 0 Å². The first-order valence-corrected chi connectivity index (χ1v) is 8.49. The molecular weight excluding hydrogens is 348 g/mol. The van der Waals surface area contributed by atoms with Crippen molar-refractivity contribution < 1.29 is 9.72 Å². The Morgan fingerprint density at radius 2 is 2.04 bits per heavy atom. The first-order valence-electron chi connectivity index (χ1n) is 7.23. The van der Waals surface area contributed by atoms with E-state index in [1.165, 1.54) is 28.3 Å². The van der Waals surface area contributed by atoms with Gasteiger partial charge in [-0.05, 0) is 40.9 Å². The number of nitro groups is 1. The molecule has 0 spiro atoms. The van der Waals surface area contributed by atoms with Crippen molar-refractivity contribution in [2.45, 2.75) is 6.42 Å². The van der Waals surface area contributed by atoms with Crippen LogP contribution in [0.3, 0.4) is 0 Å². The molecule has 3 rings (SSSR count). The number of benzene rings is 2. The molecule has 5 nitrogen and oxygen atoms in total. The number of halogens is 1. The molecule has 3 aromatic rings. The van der Waals surface area contributed by atoms with Crippen molar-refractivity contribution in [2.75, 3.05) is 6.54 Å². The van der Waals surface area contributed by atoms with Crippen LogP contribution in [-0.4, -0.2) is 17.4 Å². The number of carbonyl (C=O) groups is 1. The molecule has 1 heterocycles. The van der Waals surface area contributed by atoms with Gasteiger partial charge in [0.2, 0.25) is 0 Å². The fraction of sp³-hybridized carbons (Fsp3) is 0.118.